The van der Waals surface area contributed by atoms with Crippen LogP contribution in [0.3, 0.4) is 0 Å². The molecule has 2 rings (SSSR count). The van der Waals surface area contributed by atoms with Gasteiger partial charge in [0.05, 0.1) is 0 Å². The lowest BCUT2D eigenvalue weighted by molar-refractivity contribution is 0.292. The summed E-state index contributed by atoms with van der Waals surface area (Å²) in [5.74, 6) is 1.33. The van der Waals surface area contributed by atoms with Crippen LogP contribution in [0.2, 0.25) is 0 Å². The highest BCUT2D eigenvalue weighted by Crippen LogP contribution is 2.29. The predicted octanol–water partition coefficient (Wildman–Crippen LogP) is 3.16. The first-order valence-electron chi connectivity index (χ1n) is 6.54. The van der Waals surface area contributed by atoms with Crippen molar-refractivity contribution in [2.45, 2.75) is 45.6 Å². The second-order valence-corrected chi connectivity index (χ2v) is 5.23. The van der Waals surface area contributed by atoms with Gasteiger partial charge in [-0.05, 0) is 42.2 Å². The van der Waals surface area contributed by atoms with Gasteiger partial charge in [0.2, 0.25) is 0 Å². The molecule has 0 fully saturated rings. The number of benzene rings is 1. The van der Waals surface area contributed by atoms with Crippen molar-refractivity contribution >= 4 is 0 Å². The highest BCUT2D eigenvalue weighted by Gasteiger charge is 2.26. The molecule has 1 aromatic carbocycles. The summed E-state index contributed by atoms with van der Waals surface area (Å²) in [6.07, 6.45) is 4.86. The van der Waals surface area contributed by atoms with E-state index >= 15 is 0 Å². The van der Waals surface area contributed by atoms with Gasteiger partial charge in [0.1, 0.15) is 0 Å². The number of fused-ring (bicyclic) bond motifs is 1. The van der Waals surface area contributed by atoms with E-state index in [0.717, 1.165) is 0 Å². The van der Waals surface area contributed by atoms with Gasteiger partial charge in [0, 0.05) is 6.04 Å². The molecule has 3 unspecified atom stereocenters. The van der Waals surface area contributed by atoms with E-state index in [1.807, 2.05) is 0 Å². The summed E-state index contributed by atoms with van der Waals surface area (Å²) in [5.41, 5.74) is 9.42. The van der Waals surface area contributed by atoms with Gasteiger partial charge in [-0.15, -0.1) is 0 Å². The van der Waals surface area contributed by atoms with Crippen LogP contribution in [0.15, 0.2) is 24.3 Å². The predicted molar refractivity (Wildman–Crippen MR) is 69.4 cm³/mol. The van der Waals surface area contributed by atoms with E-state index in [-0.39, 0.29) is 0 Å². The van der Waals surface area contributed by atoms with Gasteiger partial charge in [-0.2, -0.15) is 0 Å². The maximum Gasteiger partial charge on any atom is 0.00961 e. The van der Waals surface area contributed by atoms with Gasteiger partial charge in [0.15, 0.2) is 0 Å². The van der Waals surface area contributed by atoms with Crippen molar-refractivity contribution < 1.29 is 0 Å². The van der Waals surface area contributed by atoms with Crippen molar-refractivity contribution in [3.63, 3.8) is 0 Å². The van der Waals surface area contributed by atoms with Crippen molar-refractivity contribution in [2.24, 2.45) is 17.6 Å². The van der Waals surface area contributed by atoms with Crippen LogP contribution >= 0.6 is 0 Å². The Labute approximate surface area is 99.0 Å². The first kappa shape index (κ1) is 11.7. The minimum Gasteiger partial charge on any atom is -0.327 e. The van der Waals surface area contributed by atoms with Crippen LogP contribution in [0.5, 0.6) is 0 Å². The first-order valence-corrected chi connectivity index (χ1v) is 6.54. The fraction of sp³-hybridized carbons (Fsp3) is 0.600. The summed E-state index contributed by atoms with van der Waals surface area (Å²) in [6, 6.07) is 9.20. The lowest BCUT2D eigenvalue weighted by Gasteiger charge is -2.32. The van der Waals surface area contributed by atoms with Crippen LogP contribution in [-0.4, -0.2) is 6.04 Å². The van der Waals surface area contributed by atoms with E-state index < -0.39 is 0 Å². The van der Waals surface area contributed by atoms with E-state index in [1.54, 1.807) is 0 Å². The van der Waals surface area contributed by atoms with Crippen molar-refractivity contribution in [3.8, 4) is 0 Å². The van der Waals surface area contributed by atoms with Gasteiger partial charge < -0.3 is 5.73 Å². The smallest absolute Gasteiger partial charge is 0.00961 e. The molecule has 0 spiro atoms. The molecule has 1 heteroatoms. The molecule has 3 atom stereocenters. The summed E-state index contributed by atoms with van der Waals surface area (Å²) in [7, 11) is 0. The van der Waals surface area contributed by atoms with E-state index in [2.05, 4.69) is 38.1 Å². The summed E-state index contributed by atoms with van der Waals surface area (Å²) in [6.45, 7) is 4.52. The molecule has 0 saturated carbocycles. The third-order valence-corrected chi connectivity index (χ3v) is 4.23. The maximum atomic E-state index is 6.36. The van der Waals surface area contributed by atoms with Gasteiger partial charge in [-0.1, -0.05) is 44.5 Å². The van der Waals surface area contributed by atoms with E-state index in [9.17, 15) is 0 Å². The Balaban J connectivity index is 2.08. The molecule has 2 N–H and O–H groups in total. The Bertz CT molecular complexity index is 345. The number of hydrogen-bond acceptors (Lipinski definition) is 1. The fourth-order valence-corrected chi connectivity index (χ4v) is 2.79. The number of nitrogens with two attached hydrogens (primary N) is 1. The highest BCUT2D eigenvalue weighted by atomic mass is 14.7. The van der Waals surface area contributed by atoms with Crippen molar-refractivity contribution in [2.75, 3.05) is 0 Å². The normalized spacial score (nSPS) is 23.6. The van der Waals surface area contributed by atoms with Crippen LogP contribution < -0.4 is 5.73 Å². The SMILES string of the molecule is CCC(C)C(N)C1CCc2ccccc2C1. The summed E-state index contributed by atoms with van der Waals surface area (Å²) < 4.78 is 0. The molecule has 1 nitrogen and oxygen atoms in total. The second-order valence-electron chi connectivity index (χ2n) is 5.23. The van der Waals surface area contributed by atoms with Crippen LogP contribution in [0.1, 0.15) is 37.8 Å². The highest BCUT2D eigenvalue weighted by molar-refractivity contribution is 5.30. The number of aryl methyl sites for hydroxylation is 1. The van der Waals surface area contributed by atoms with E-state index in [0.29, 0.717) is 17.9 Å². The molecular weight excluding hydrogens is 194 g/mol. The van der Waals surface area contributed by atoms with E-state index in [1.165, 1.54) is 36.8 Å². The summed E-state index contributed by atoms with van der Waals surface area (Å²) in [5, 5.41) is 0. The zero-order valence-corrected chi connectivity index (χ0v) is 10.4. The molecule has 0 aromatic heterocycles. The zero-order valence-electron chi connectivity index (χ0n) is 10.4. The molecule has 0 radical (unpaired) electrons. The minimum atomic E-state index is 0.373. The quantitative estimate of drug-likeness (QED) is 0.827. The summed E-state index contributed by atoms with van der Waals surface area (Å²) >= 11 is 0. The van der Waals surface area contributed by atoms with Gasteiger partial charge >= 0.3 is 0 Å². The Hall–Kier alpha value is -0.820. The summed E-state index contributed by atoms with van der Waals surface area (Å²) in [4.78, 5) is 0. The molecule has 1 aromatic rings. The van der Waals surface area contributed by atoms with Crippen LogP contribution in [0.25, 0.3) is 0 Å². The molecule has 16 heavy (non-hydrogen) atoms. The van der Waals surface area contributed by atoms with Crippen LogP contribution in [0.4, 0.5) is 0 Å². The van der Waals surface area contributed by atoms with Crippen LogP contribution in [0, 0.1) is 11.8 Å². The molecule has 0 saturated heterocycles. The second kappa shape index (κ2) is 5.01. The average Bonchev–Trinajstić information content (AvgIpc) is 2.36. The third-order valence-electron chi connectivity index (χ3n) is 4.23. The van der Waals surface area contributed by atoms with E-state index in [4.69, 9.17) is 5.73 Å². The topological polar surface area (TPSA) is 26.0 Å². The number of hydrogen-bond donors (Lipinski definition) is 1. The Morgan fingerprint density at radius 2 is 2.00 bits per heavy atom. The van der Waals surface area contributed by atoms with Crippen molar-refractivity contribution in [1.82, 2.24) is 0 Å². The molecule has 1 aliphatic rings. The molecule has 0 heterocycles. The van der Waals surface area contributed by atoms with Crippen molar-refractivity contribution in [3.05, 3.63) is 35.4 Å². The monoisotopic (exact) mass is 217 g/mol. The average molecular weight is 217 g/mol. The Morgan fingerprint density at radius 1 is 1.31 bits per heavy atom. The molecule has 0 amide bonds. The zero-order chi connectivity index (χ0) is 11.5. The first-order chi connectivity index (χ1) is 7.72. The van der Waals surface area contributed by atoms with Crippen LogP contribution in [-0.2, 0) is 12.8 Å². The fourth-order valence-electron chi connectivity index (χ4n) is 2.79. The minimum absolute atomic E-state index is 0.373. The molecule has 0 aliphatic heterocycles. The molecule has 0 bridgehead atoms. The van der Waals surface area contributed by atoms with Gasteiger partial charge in [0.25, 0.3) is 0 Å². The standard InChI is InChI=1S/C15H23N/c1-3-11(2)15(16)14-9-8-12-6-4-5-7-13(12)10-14/h4-7,11,14-15H,3,8-10,16H2,1-2H3. The number of rotatable bonds is 3. The van der Waals surface area contributed by atoms with Gasteiger partial charge in [-0.3, -0.25) is 0 Å². The molecule has 88 valence electrons. The largest absolute Gasteiger partial charge is 0.327 e. The molecule has 1 aliphatic carbocycles. The Morgan fingerprint density at radius 3 is 2.69 bits per heavy atom. The lowest BCUT2D eigenvalue weighted by Crippen LogP contribution is -2.39. The lowest BCUT2D eigenvalue weighted by atomic mass is 9.76. The van der Waals surface area contributed by atoms with Crippen molar-refractivity contribution in [1.29, 1.82) is 0 Å². The Kier molecular flexibility index (Phi) is 3.65. The molecular formula is C15H23N. The third kappa shape index (κ3) is 2.30. The van der Waals surface area contributed by atoms with Gasteiger partial charge in [-0.25, -0.2) is 0 Å². The maximum absolute atomic E-state index is 6.36.